The molecule has 0 saturated carbocycles. The van der Waals surface area contributed by atoms with Crippen molar-refractivity contribution < 1.29 is 31.1 Å². The predicted octanol–water partition coefficient (Wildman–Crippen LogP) is 0.824. The zero-order chi connectivity index (χ0) is 23.6. The molecule has 1 aromatic rings. The number of rotatable bonds is 4. The van der Waals surface area contributed by atoms with Crippen LogP contribution in [0.5, 0.6) is 5.75 Å². The molecule has 12 heteroatoms. The van der Waals surface area contributed by atoms with E-state index in [-0.39, 0.29) is 54.6 Å². The van der Waals surface area contributed by atoms with Gasteiger partial charge in [0.15, 0.2) is 0 Å². The highest BCUT2D eigenvalue weighted by Crippen LogP contribution is 2.27. The molecular weight excluding hydrogens is 446 g/mol. The summed E-state index contributed by atoms with van der Waals surface area (Å²) in [5, 5.41) is 0. The molecule has 0 unspecified atom stereocenters. The summed E-state index contributed by atoms with van der Waals surface area (Å²) in [4.78, 5) is 14.5. The average Bonchev–Trinajstić information content (AvgIpc) is 2.64. The van der Waals surface area contributed by atoms with Crippen molar-refractivity contribution in [2.24, 2.45) is 5.92 Å². The third-order valence-corrected chi connectivity index (χ3v) is 7.09. The first-order chi connectivity index (χ1) is 14.2. The normalized spacial score (nSPS) is 24.5. The van der Waals surface area contributed by atoms with Gasteiger partial charge in [-0.3, -0.25) is 9.52 Å². The van der Waals surface area contributed by atoms with Crippen molar-refractivity contribution in [3.05, 3.63) is 23.8 Å². The van der Waals surface area contributed by atoms with Gasteiger partial charge >= 0.3 is 0 Å². The van der Waals surface area contributed by atoms with Crippen LogP contribution in [0.3, 0.4) is 0 Å². The standard InChI is InChI=1S/C19H31N3O7S2/c1-13-10-22(31(6,26)27)14(2)12-29-17-9-15(20-30(5,24)25)7-8-16(17)19(23)21(3)11-18(13)28-4/h7-9,13-14,18,20H,10-12H2,1-6H3/t13-,14+,18-/m1/s1. The van der Waals surface area contributed by atoms with Crippen molar-refractivity contribution in [3.63, 3.8) is 0 Å². The van der Waals surface area contributed by atoms with Gasteiger partial charge in [-0.25, -0.2) is 16.8 Å². The number of amides is 1. The van der Waals surface area contributed by atoms with Gasteiger partial charge in [0, 0.05) is 33.3 Å². The molecule has 1 amide bonds. The zero-order valence-electron chi connectivity index (χ0n) is 18.7. The number of carbonyl (C=O) groups is 1. The minimum Gasteiger partial charge on any atom is -0.491 e. The Bertz CT molecular complexity index is 1010. The summed E-state index contributed by atoms with van der Waals surface area (Å²) in [7, 11) is -3.92. The Labute approximate surface area is 184 Å². The monoisotopic (exact) mass is 477 g/mol. The molecule has 0 aromatic heterocycles. The van der Waals surface area contributed by atoms with E-state index in [4.69, 9.17) is 9.47 Å². The molecule has 1 N–H and O–H groups in total. The van der Waals surface area contributed by atoms with Crippen molar-refractivity contribution in [1.82, 2.24) is 9.21 Å². The fourth-order valence-corrected chi connectivity index (χ4v) is 5.25. The minimum absolute atomic E-state index is 0.0240. The molecule has 0 radical (unpaired) electrons. The van der Waals surface area contributed by atoms with E-state index in [9.17, 15) is 21.6 Å². The number of methoxy groups -OCH3 is 1. The van der Waals surface area contributed by atoms with Gasteiger partial charge in [0.2, 0.25) is 20.0 Å². The van der Waals surface area contributed by atoms with Crippen LogP contribution >= 0.6 is 0 Å². The Kier molecular flexibility index (Phi) is 7.95. The van der Waals surface area contributed by atoms with Crippen molar-refractivity contribution in [2.75, 3.05) is 51.1 Å². The number of carbonyl (C=O) groups excluding carboxylic acids is 1. The van der Waals surface area contributed by atoms with Crippen LogP contribution in [0.1, 0.15) is 24.2 Å². The highest BCUT2D eigenvalue weighted by atomic mass is 32.2. The lowest BCUT2D eigenvalue weighted by molar-refractivity contribution is 0.0213. The number of hydrogen-bond acceptors (Lipinski definition) is 7. The van der Waals surface area contributed by atoms with Crippen LogP contribution < -0.4 is 9.46 Å². The number of fused-ring (bicyclic) bond motifs is 1. The Hall–Kier alpha value is -1.89. The molecule has 1 heterocycles. The van der Waals surface area contributed by atoms with E-state index in [0.29, 0.717) is 0 Å². The average molecular weight is 478 g/mol. The van der Waals surface area contributed by atoms with Crippen LogP contribution in [-0.2, 0) is 24.8 Å². The number of likely N-dealkylation sites (N-methyl/N-ethyl adjacent to an activating group) is 1. The van der Waals surface area contributed by atoms with Crippen LogP contribution in [0.25, 0.3) is 0 Å². The number of hydrogen-bond donors (Lipinski definition) is 1. The highest BCUT2D eigenvalue weighted by molar-refractivity contribution is 7.92. The molecule has 31 heavy (non-hydrogen) atoms. The number of ether oxygens (including phenoxy) is 2. The van der Waals surface area contributed by atoms with Crippen LogP contribution in [0.15, 0.2) is 18.2 Å². The molecule has 0 aliphatic carbocycles. The Morgan fingerprint density at radius 2 is 1.77 bits per heavy atom. The van der Waals surface area contributed by atoms with Gasteiger partial charge in [-0.1, -0.05) is 6.92 Å². The summed E-state index contributed by atoms with van der Waals surface area (Å²) < 4.78 is 63.1. The molecule has 10 nitrogen and oxygen atoms in total. The van der Waals surface area contributed by atoms with E-state index in [1.54, 1.807) is 14.0 Å². The lowest BCUT2D eigenvalue weighted by Crippen LogP contribution is -2.48. The lowest BCUT2D eigenvalue weighted by atomic mass is 10.0. The third kappa shape index (κ3) is 6.79. The topological polar surface area (TPSA) is 122 Å². The van der Waals surface area contributed by atoms with Crippen LogP contribution in [0.2, 0.25) is 0 Å². The molecule has 1 aliphatic heterocycles. The smallest absolute Gasteiger partial charge is 0.257 e. The summed E-state index contributed by atoms with van der Waals surface area (Å²) in [6.07, 6.45) is 1.77. The van der Waals surface area contributed by atoms with Crippen LogP contribution in [0.4, 0.5) is 5.69 Å². The summed E-state index contributed by atoms with van der Waals surface area (Å²) in [5.41, 5.74) is 0.475. The third-order valence-electron chi connectivity index (χ3n) is 5.12. The molecule has 0 saturated heterocycles. The number of nitrogens with zero attached hydrogens (tertiary/aromatic N) is 2. The van der Waals surface area contributed by atoms with E-state index < -0.39 is 26.1 Å². The Morgan fingerprint density at radius 1 is 1.13 bits per heavy atom. The highest BCUT2D eigenvalue weighted by Gasteiger charge is 2.31. The quantitative estimate of drug-likeness (QED) is 0.681. The number of sulfonamides is 2. The van der Waals surface area contributed by atoms with Crippen molar-refractivity contribution in [1.29, 1.82) is 0 Å². The van der Waals surface area contributed by atoms with Crippen molar-refractivity contribution in [2.45, 2.75) is 26.0 Å². The van der Waals surface area contributed by atoms with Gasteiger partial charge in [-0.05, 0) is 25.0 Å². The first-order valence-electron chi connectivity index (χ1n) is 9.72. The zero-order valence-corrected chi connectivity index (χ0v) is 20.3. The molecule has 1 aliphatic rings. The maximum absolute atomic E-state index is 13.1. The van der Waals surface area contributed by atoms with E-state index in [1.807, 2.05) is 6.92 Å². The SMILES string of the molecule is CO[C@@H]1CN(C)C(=O)c2ccc(NS(C)(=O)=O)cc2OC[C@H](C)N(S(C)(=O)=O)C[C@H]1C. The summed E-state index contributed by atoms with van der Waals surface area (Å²) in [6.45, 7) is 4.01. The summed E-state index contributed by atoms with van der Waals surface area (Å²) in [6, 6.07) is 3.85. The molecular formula is C19H31N3O7S2. The fraction of sp³-hybridized carbons (Fsp3) is 0.632. The van der Waals surface area contributed by atoms with Gasteiger partial charge < -0.3 is 14.4 Å². The molecule has 3 atom stereocenters. The number of nitrogens with one attached hydrogen (secondary N) is 1. The van der Waals surface area contributed by atoms with E-state index in [1.165, 1.54) is 34.5 Å². The van der Waals surface area contributed by atoms with Crippen molar-refractivity contribution in [3.8, 4) is 5.75 Å². The Balaban J connectivity index is 2.52. The lowest BCUT2D eigenvalue weighted by Gasteiger charge is -2.34. The summed E-state index contributed by atoms with van der Waals surface area (Å²) >= 11 is 0. The van der Waals surface area contributed by atoms with E-state index in [2.05, 4.69) is 4.72 Å². The molecule has 0 bridgehead atoms. The largest absolute Gasteiger partial charge is 0.491 e. The van der Waals surface area contributed by atoms with Gasteiger partial charge in [-0.2, -0.15) is 4.31 Å². The van der Waals surface area contributed by atoms with Gasteiger partial charge in [-0.15, -0.1) is 0 Å². The Morgan fingerprint density at radius 3 is 2.32 bits per heavy atom. The molecule has 176 valence electrons. The molecule has 0 spiro atoms. The molecule has 0 fully saturated rings. The second kappa shape index (κ2) is 9.72. The van der Waals surface area contributed by atoms with E-state index >= 15 is 0 Å². The number of benzene rings is 1. The second-order valence-electron chi connectivity index (χ2n) is 8.01. The molecule has 2 rings (SSSR count). The first kappa shape index (κ1) is 25.4. The second-order valence-corrected chi connectivity index (χ2v) is 11.7. The van der Waals surface area contributed by atoms with Crippen LogP contribution in [0, 0.1) is 5.92 Å². The maximum atomic E-state index is 13.1. The van der Waals surface area contributed by atoms with Gasteiger partial charge in [0.25, 0.3) is 5.91 Å². The first-order valence-corrected chi connectivity index (χ1v) is 13.5. The molecule has 1 aromatic carbocycles. The summed E-state index contributed by atoms with van der Waals surface area (Å²) in [5.74, 6) is -0.339. The fourth-order valence-electron chi connectivity index (χ4n) is 3.48. The minimum atomic E-state index is -3.54. The number of anilines is 1. The van der Waals surface area contributed by atoms with Gasteiger partial charge in [0.1, 0.15) is 12.4 Å². The van der Waals surface area contributed by atoms with Crippen LogP contribution in [-0.4, -0.2) is 90.5 Å². The van der Waals surface area contributed by atoms with Gasteiger partial charge in [0.05, 0.1) is 35.9 Å². The van der Waals surface area contributed by atoms with E-state index in [0.717, 1.165) is 12.5 Å². The predicted molar refractivity (Wildman–Crippen MR) is 118 cm³/mol. The maximum Gasteiger partial charge on any atom is 0.257 e. The van der Waals surface area contributed by atoms with Crippen molar-refractivity contribution >= 4 is 31.6 Å².